The highest BCUT2D eigenvalue weighted by Gasteiger charge is 2.30. The van der Waals surface area contributed by atoms with E-state index in [4.69, 9.17) is 39.8 Å². The quantitative estimate of drug-likeness (QED) is 0.674. The van der Waals surface area contributed by atoms with E-state index < -0.39 is 3.79 Å². The molecule has 1 aromatic heterocycles. The average Bonchev–Trinajstić information content (AvgIpc) is 2.92. The summed E-state index contributed by atoms with van der Waals surface area (Å²) in [6.07, 6.45) is 0.935. The molecule has 1 aromatic carbocycles. The number of β-amino-alcohol motifs (C(OH)–C–C–N with tert-alkyl or cyclic N) is 1. The van der Waals surface area contributed by atoms with Crippen LogP contribution < -0.4 is 4.90 Å². The zero-order valence-electron chi connectivity index (χ0n) is 17.6. The Morgan fingerprint density at radius 2 is 1.63 bits per heavy atom. The van der Waals surface area contributed by atoms with Gasteiger partial charge in [-0.15, -0.1) is 0 Å². The molecular weight excluding hydrogens is 445 g/mol. The summed E-state index contributed by atoms with van der Waals surface area (Å²) in [5.74, 6) is 1.11. The Kier molecular flexibility index (Phi) is 7.46. The van der Waals surface area contributed by atoms with Gasteiger partial charge in [0.05, 0.1) is 6.61 Å². The largest absolute Gasteiger partial charge is 0.395 e. The number of aliphatic hydroxyl groups is 1. The van der Waals surface area contributed by atoms with Crippen molar-refractivity contribution in [1.82, 2.24) is 19.9 Å². The van der Waals surface area contributed by atoms with Crippen LogP contribution in [0.5, 0.6) is 0 Å². The van der Waals surface area contributed by atoms with E-state index in [1.165, 1.54) is 5.56 Å². The van der Waals surface area contributed by atoms with Crippen LogP contribution in [0.4, 0.5) is 5.95 Å². The second kappa shape index (κ2) is 9.53. The minimum atomic E-state index is -1.74. The van der Waals surface area contributed by atoms with Crippen LogP contribution in [-0.4, -0.2) is 64.3 Å². The maximum atomic E-state index is 9.22. The van der Waals surface area contributed by atoms with Gasteiger partial charge in [-0.1, -0.05) is 79.8 Å². The number of halogens is 3. The fraction of sp³-hybridized carbons (Fsp3) is 0.571. The highest BCUT2D eigenvalue weighted by atomic mass is 35.6. The lowest BCUT2D eigenvalue weighted by atomic mass is 9.87. The Morgan fingerprint density at radius 1 is 0.933 bits per heavy atom. The molecule has 0 spiro atoms. The molecule has 0 unspecified atom stereocenters. The van der Waals surface area contributed by atoms with Crippen molar-refractivity contribution in [3.8, 4) is 11.4 Å². The van der Waals surface area contributed by atoms with Crippen molar-refractivity contribution in [3.05, 3.63) is 35.7 Å². The number of nitrogens with zero attached hydrogens (tertiary/aromatic N) is 5. The number of anilines is 1. The van der Waals surface area contributed by atoms with Gasteiger partial charge < -0.3 is 10.0 Å². The van der Waals surface area contributed by atoms with Crippen LogP contribution in [0, 0.1) is 0 Å². The van der Waals surface area contributed by atoms with Crippen LogP contribution in [0.25, 0.3) is 11.4 Å². The van der Waals surface area contributed by atoms with Gasteiger partial charge in [-0.05, 0) is 23.9 Å². The van der Waals surface area contributed by atoms with Gasteiger partial charge in [0.15, 0.2) is 11.6 Å². The number of aliphatic hydroxyl groups excluding tert-OH is 1. The molecule has 0 bridgehead atoms. The standard InChI is InChI=1S/C21H28Cl3N5O/c1-20(2,3)16-7-5-15(6-8-16)17-25-18(21(22,23)24)27-19(26-17)29-10-4-9-28(11-12-29)13-14-30/h5-8,30H,4,9-14H2,1-3H3. The first-order valence-corrected chi connectivity index (χ1v) is 11.2. The summed E-state index contributed by atoms with van der Waals surface area (Å²) in [5, 5.41) is 9.22. The van der Waals surface area contributed by atoms with E-state index in [0.29, 0.717) is 18.3 Å². The summed E-state index contributed by atoms with van der Waals surface area (Å²) in [4.78, 5) is 17.9. The van der Waals surface area contributed by atoms with Crippen molar-refractivity contribution >= 4 is 40.8 Å². The van der Waals surface area contributed by atoms with Crippen molar-refractivity contribution in [2.24, 2.45) is 0 Å². The maximum absolute atomic E-state index is 9.22. The van der Waals surface area contributed by atoms with Crippen molar-refractivity contribution in [3.63, 3.8) is 0 Å². The Morgan fingerprint density at radius 3 is 2.23 bits per heavy atom. The summed E-state index contributed by atoms with van der Waals surface area (Å²) in [6, 6.07) is 8.14. The second-order valence-electron chi connectivity index (χ2n) is 8.51. The minimum absolute atomic E-state index is 0.0536. The molecule has 6 nitrogen and oxygen atoms in total. The molecule has 0 saturated carbocycles. The number of benzene rings is 1. The minimum Gasteiger partial charge on any atom is -0.395 e. The van der Waals surface area contributed by atoms with Gasteiger partial charge in [0.1, 0.15) is 0 Å². The van der Waals surface area contributed by atoms with Gasteiger partial charge in [-0.3, -0.25) is 4.90 Å². The Bertz CT molecular complexity index is 849. The summed E-state index contributed by atoms with van der Waals surface area (Å²) < 4.78 is -1.74. The molecule has 3 rings (SSSR count). The molecule has 1 fully saturated rings. The molecule has 0 radical (unpaired) electrons. The molecule has 2 heterocycles. The molecule has 2 aromatic rings. The fourth-order valence-corrected chi connectivity index (χ4v) is 3.67. The lowest BCUT2D eigenvalue weighted by Crippen LogP contribution is -2.33. The van der Waals surface area contributed by atoms with Crippen LogP contribution in [0.15, 0.2) is 24.3 Å². The van der Waals surface area contributed by atoms with E-state index in [1.807, 2.05) is 12.1 Å². The van der Waals surface area contributed by atoms with E-state index in [9.17, 15) is 5.11 Å². The molecule has 164 valence electrons. The molecule has 0 aliphatic carbocycles. The maximum Gasteiger partial charge on any atom is 0.250 e. The van der Waals surface area contributed by atoms with E-state index in [1.54, 1.807) is 0 Å². The summed E-state index contributed by atoms with van der Waals surface area (Å²) in [7, 11) is 0. The predicted octanol–water partition coefficient (Wildman–Crippen LogP) is 4.17. The molecule has 9 heteroatoms. The Labute approximate surface area is 193 Å². The van der Waals surface area contributed by atoms with E-state index in [-0.39, 0.29) is 17.8 Å². The molecule has 1 aliphatic heterocycles. The molecule has 1 saturated heterocycles. The zero-order chi connectivity index (χ0) is 21.9. The van der Waals surface area contributed by atoms with Crippen LogP contribution in [0.3, 0.4) is 0 Å². The van der Waals surface area contributed by atoms with E-state index in [0.717, 1.165) is 38.2 Å². The summed E-state index contributed by atoms with van der Waals surface area (Å²) in [5.41, 5.74) is 2.12. The SMILES string of the molecule is CC(C)(C)c1ccc(-c2nc(N3CCCN(CCO)CC3)nc(C(Cl)(Cl)Cl)n2)cc1. The smallest absolute Gasteiger partial charge is 0.250 e. The number of rotatable bonds is 4. The van der Waals surface area contributed by atoms with Gasteiger partial charge in [-0.25, -0.2) is 4.98 Å². The molecule has 0 amide bonds. The van der Waals surface area contributed by atoms with Gasteiger partial charge in [0, 0.05) is 31.7 Å². The lowest BCUT2D eigenvalue weighted by molar-refractivity contribution is 0.204. The van der Waals surface area contributed by atoms with Gasteiger partial charge in [-0.2, -0.15) is 9.97 Å². The first-order valence-electron chi connectivity index (χ1n) is 10.1. The molecule has 0 atom stereocenters. The number of hydrogen-bond donors (Lipinski definition) is 1. The van der Waals surface area contributed by atoms with E-state index >= 15 is 0 Å². The van der Waals surface area contributed by atoms with Crippen LogP contribution in [0.2, 0.25) is 0 Å². The van der Waals surface area contributed by atoms with E-state index in [2.05, 4.69) is 52.7 Å². The lowest BCUT2D eigenvalue weighted by Gasteiger charge is -2.23. The number of hydrogen-bond acceptors (Lipinski definition) is 6. The number of aromatic nitrogens is 3. The molecular formula is C21H28Cl3N5O. The van der Waals surface area contributed by atoms with Crippen LogP contribution >= 0.6 is 34.8 Å². The van der Waals surface area contributed by atoms with Crippen LogP contribution in [-0.2, 0) is 9.21 Å². The van der Waals surface area contributed by atoms with Crippen molar-refractivity contribution in [2.45, 2.75) is 36.4 Å². The third kappa shape index (κ3) is 5.95. The third-order valence-corrected chi connectivity index (χ3v) is 5.68. The monoisotopic (exact) mass is 471 g/mol. The first-order chi connectivity index (χ1) is 14.1. The topological polar surface area (TPSA) is 65.4 Å². The van der Waals surface area contributed by atoms with Gasteiger partial charge in [0.25, 0.3) is 0 Å². The van der Waals surface area contributed by atoms with Crippen molar-refractivity contribution < 1.29 is 5.11 Å². The predicted molar refractivity (Wildman–Crippen MR) is 124 cm³/mol. The second-order valence-corrected chi connectivity index (χ2v) is 10.8. The van der Waals surface area contributed by atoms with Crippen molar-refractivity contribution in [2.75, 3.05) is 44.2 Å². The third-order valence-electron chi connectivity index (χ3n) is 5.17. The summed E-state index contributed by atoms with van der Waals surface area (Å²) in [6.45, 7) is 10.6. The Balaban J connectivity index is 1.95. The highest BCUT2D eigenvalue weighted by Crippen LogP contribution is 2.37. The number of alkyl halides is 3. The normalized spacial score (nSPS) is 16.6. The summed E-state index contributed by atoms with van der Waals surface area (Å²) >= 11 is 18.4. The molecule has 1 N–H and O–H groups in total. The van der Waals surface area contributed by atoms with Gasteiger partial charge >= 0.3 is 0 Å². The fourth-order valence-electron chi connectivity index (χ4n) is 3.42. The Hall–Kier alpha value is -1.18. The zero-order valence-corrected chi connectivity index (χ0v) is 19.8. The van der Waals surface area contributed by atoms with Gasteiger partial charge in [0.2, 0.25) is 9.74 Å². The van der Waals surface area contributed by atoms with Crippen LogP contribution in [0.1, 0.15) is 38.6 Å². The molecule has 1 aliphatic rings. The van der Waals surface area contributed by atoms with Crippen molar-refractivity contribution in [1.29, 1.82) is 0 Å². The highest BCUT2D eigenvalue weighted by molar-refractivity contribution is 6.66. The average molecular weight is 473 g/mol. The first kappa shape index (κ1) is 23.5. The molecule has 30 heavy (non-hydrogen) atoms.